The van der Waals surface area contributed by atoms with Gasteiger partial charge in [-0.3, -0.25) is 4.79 Å². The number of ether oxygens (including phenoxy) is 7. The van der Waals surface area contributed by atoms with Crippen molar-refractivity contribution in [3.8, 4) is 34.3 Å². The van der Waals surface area contributed by atoms with Crippen LogP contribution in [0.1, 0.15) is 5.56 Å². The molecule has 1 aromatic heterocycles. The number of phenols is 3. The summed E-state index contributed by atoms with van der Waals surface area (Å²) in [5.41, 5.74) is -0.506. The van der Waals surface area contributed by atoms with Gasteiger partial charge in [-0.15, -0.1) is 0 Å². The minimum Gasteiger partial charge on any atom is -0.508 e. The van der Waals surface area contributed by atoms with Crippen molar-refractivity contribution in [2.45, 2.75) is 92.1 Å². The molecule has 0 aliphatic carbocycles. The van der Waals surface area contributed by atoms with Gasteiger partial charge in [-0.2, -0.15) is 0 Å². The Hall–Kier alpha value is -6.75. The van der Waals surface area contributed by atoms with Crippen molar-refractivity contribution in [1.29, 1.82) is 0 Å². The van der Waals surface area contributed by atoms with Crippen LogP contribution in [0.25, 0.3) is 28.4 Å². The van der Waals surface area contributed by atoms with Crippen LogP contribution >= 0.6 is 0 Å². The minimum atomic E-state index is -2.51. The Balaban J connectivity index is 1.31. The molecule has 0 saturated carbocycles. The molecular formula is C42H40O25. The summed E-state index contributed by atoms with van der Waals surface area (Å²) in [6.07, 6.45) is -33.4. The van der Waals surface area contributed by atoms with Crippen molar-refractivity contribution in [1.82, 2.24) is 0 Å². The zero-order valence-electron chi connectivity index (χ0n) is 33.8. The van der Waals surface area contributed by atoms with Crippen molar-refractivity contribution in [3.63, 3.8) is 0 Å². The number of fused-ring (bicyclic) bond motifs is 1. The highest BCUT2D eigenvalue weighted by Crippen LogP contribution is 2.38. The van der Waals surface area contributed by atoms with Crippen molar-refractivity contribution < 1.29 is 118 Å². The zero-order valence-corrected chi connectivity index (χ0v) is 33.8. The number of rotatable bonds is 13. The molecule has 25 nitrogen and oxygen atoms in total. The molecule has 358 valence electrons. The zero-order chi connectivity index (χ0) is 48.6. The number of hydrogen-bond acceptors (Lipinski definition) is 22. The van der Waals surface area contributed by atoms with E-state index in [1.807, 2.05) is 0 Å². The van der Waals surface area contributed by atoms with Gasteiger partial charge in [0, 0.05) is 29.8 Å². The number of aromatic hydroxyl groups is 3. The van der Waals surface area contributed by atoms with Gasteiger partial charge in [0.2, 0.25) is 6.29 Å². The lowest BCUT2D eigenvalue weighted by Gasteiger charge is -2.48. The Morgan fingerprint density at radius 1 is 0.567 bits per heavy atom. The number of benzene rings is 3. The van der Waals surface area contributed by atoms with Crippen LogP contribution in [0, 0.1) is 0 Å². The van der Waals surface area contributed by atoms with Crippen LogP contribution < -0.4 is 10.2 Å². The monoisotopic (exact) mass is 944 g/mol. The molecule has 6 unspecified atom stereocenters. The molecule has 3 saturated heterocycles. The van der Waals surface area contributed by atoms with Gasteiger partial charge in [0.1, 0.15) is 82.5 Å². The van der Waals surface area contributed by atoms with Gasteiger partial charge >= 0.3 is 23.9 Å². The molecule has 67 heavy (non-hydrogen) atoms. The Morgan fingerprint density at radius 3 is 1.72 bits per heavy atom. The SMILES string of the molecule is O=C(/C=C/c1ccc(O)cc1)OC1[C@H](OC2[C@H](Oc3cc(O)c4c(=O)cc(-c5ccc(O)cc5)oc4c3)OC(C(=O)O)[C@@H](O)[C@@H]2O[C@@H]2OC(C(=O)O)[C@@H](O)[C@H](O)C2O)OC(C(=O)O)[C@@H](O)[C@@H]1O. The largest absolute Gasteiger partial charge is 0.508 e. The number of carboxylic acids is 3. The summed E-state index contributed by atoms with van der Waals surface area (Å²) in [6, 6.07) is 13.6. The molecule has 0 spiro atoms. The number of esters is 1. The summed E-state index contributed by atoms with van der Waals surface area (Å²) in [4.78, 5) is 63.2. The van der Waals surface area contributed by atoms with Crippen LogP contribution in [-0.4, -0.2) is 177 Å². The van der Waals surface area contributed by atoms with E-state index in [4.69, 9.17) is 37.6 Å². The number of carbonyl (C=O) groups excluding carboxylic acids is 1. The molecule has 4 aromatic rings. The van der Waals surface area contributed by atoms with Crippen molar-refractivity contribution in [2.24, 2.45) is 0 Å². The topological polar surface area (TPSA) is 406 Å². The second kappa shape index (κ2) is 19.6. The van der Waals surface area contributed by atoms with E-state index >= 15 is 0 Å². The summed E-state index contributed by atoms with van der Waals surface area (Å²) in [6.45, 7) is 0. The third-order valence-electron chi connectivity index (χ3n) is 10.7. The average Bonchev–Trinajstić information content (AvgIpc) is 3.27. The standard InChI is InChI=1S/C42H40O25/c43-16-6-1-14(2-7-16)3-10-23(47)62-35-28(51)27(50)33(38(56)57)65-41(35)67-36-31(63-40-29(52)25(48)26(49)32(64-40)37(54)55)30(53)34(39(58)59)66-42(36)60-18-11-19(45)24-20(46)13-21(61-22(24)12-18)15-4-8-17(44)9-5-15/h1-13,25-36,40-45,48-53H,(H,54,55)(H,56,57)(H,58,59)/b10-3+/t25-,26-,27-,28-,29?,30-,31-,32?,33?,34?,35?,36?,40+,41-,42+/m0/s1. The predicted octanol–water partition coefficient (Wildman–Crippen LogP) is -2.05. The van der Waals surface area contributed by atoms with E-state index in [-0.39, 0.29) is 28.4 Å². The molecule has 7 rings (SSSR count). The lowest BCUT2D eigenvalue weighted by atomic mass is 9.95. The Labute approximate surface area is 373 Å². The maximum absolute atomic E-state index is 13.2. The number of aliphatic hydroxyl groups is 6. The highest BCUT2D eigenvalue weighted by Gasteiger charge is 2.58. The predicted molar refractivity (Wildman–Crippen MR) is 214 cm³/mol. The number of carbonyl (C=O) groups is 4. The third kappa shape index (κ3) is 10.2. The van der Waals surface area contributed by atoms with Crippen LogP contribution in [0.15, 0.2) is 82.0 Å². The molecule has 12 N–H and O–H groups in total. The van der Waals surface area contributed by atoms with Crippen LogP contribution in [-0.2, 0) is 47.6 Å². The van der Waals surface area contributed by atoms with E-state index < -0.39 is 138 Å². The van der Waals surface area contributed by atoms with Gasteiger partial charge < -0.3 is 98.9 Å². The highest BCUT2D eigenvalue weighted by molar-refractivity contribution is 5.87. The van der Waals surface area contributed by atoms with Gasteiger partial charge in [-0.05, 0) is 48.0 Å². The fourth-order valence-electron chi connectivity index (χ4n) is 7.31. The number of phenolic OH excluding ortho intramolecular Hbond substituents is 3. The Kier molecular flexibility index (Phi) is 14.1. The summed E-state index contributed by atoms with van der Waals surface area (Å²) in [5, 5.41) is 125. The molecule has 3 aliphatic rings. The Bertz CT molecular complexity index is 2560. The van der Waals surface area contributed by atoms with Crippen LogP contribution in [0.3, 0.4) is 0 Å². The van der Waals surface area contributed by atoms with Crippen LogP contribution in [0.4, 0.5) is 0 Å². The molecule has 25 heteroatoms. The quantitative estimate of drug-likeness (QED) is 0.0507. The molecule has 3 aromatic carbocycles. The van der Waals surface area contributed by atoms with Gasteiger partial charge in [0.05, 0.1) is 0 Å². The van der Waals surface area contributed by atoms with Crippen LogP contribution in [0.5, 0.6) is 23.0 Å². The van der Waals surface area contributed by atoms with Gasteiger partial charge in [-0.25, -0.2) is 19.2 Å². The van der Waals surface area contributed by atoms with Gasteiger partial charge in [0.25, 0.3) is 0 Å². The maximum Gasteiger partial charge on any atom is 0.335 e. The molecule has 4 heterocycles. The van der Waals surface area contributed by atoms with Gasteiger partial charge in [-0.1, -0.05) is 12.1 Å². The first-order valence-corrected chi connectivity index (χ1v) is 19.7. The summed E-state index contributed by atoms with van der Waals surface area (Å²) in [5.74, 6) is -8.64. The first-order chi connectivity index (χ1) is 31.7. The fourth-order valence-corrected chi connectivity index (χ4v) is 7.31. The normalized spacial score (nSPS) is 32.1. The maximum atomic E-state index is 13.2. The first kappa shape index (κ1) is 48.2. The average molecular weight is 945 g/mol. The second-order valence-electron chi connectivity index (χ2n) is 15.2. The molecule has 0 bridgehead atoms. The summed E-state index contributed by atoms with van der Waals surface area (Å²) < 4.78 is 45.1. The van der Waals surface area contributed by atoms with E-state index in [9.17, 15) is 85.3 Å². The fraction of sp³-hybridized carbons (Fsp3) is 0.357. The van der Waals surface area contributed by atoms with E-state index in [2.05, 4.69) is 0 Å². The summed E-state index contributed by atoms with van der Waals surface area (Å²) in [7, 11) is 0. The molecular weight excluding hydrogens is 904 g/mol. The lowest BCUT2D eigenvalue weighted by molar-refractivity contribution is -0.377. The number of hydrogen-bond donors (Lipinski definition) is 12. The van der Waals surface area contributed by atoms with E-state index in [1.54, 1.807) is 0 Å². The van der Waals surface area contributed by atoms with E-state index in [0.717, 1.165) is 24.3 Å². The first-order valence-electron chi connectivity index (χ1n) is 19.7. The highest BCUT2D eigenvalue weighted by atomic mass is 16.8. The molecule has 0 amide bonds. The number of aliphatic hydroxyl groups excluding tert-OH is 6. The van der Waals surface area contributed by atoms with Crippen molar-refractivity contribution >= 4 is 40.9 Å². The van der Waals surface area contributed by atoms with Crippen LogP contribution in [0.2, 0.25) is 0 Å². The molecule has 3 aliphatic heterocycles. The van der Waals surface area contributed by atoms with E-state index in [1.165, 1.54) is 54.6 Å². The lowest BCUT2D eigenvalue weighted by Crippen LogP contribution is -2.68. The smallest absolute Gasteiger partial charge is 0.335 e. The molecule has 15 atom stereocenters. The second-order valence-corrected chi connectivity index (χ2v) is 15.2. The Morgan fingerprint density at radius 2 is 1.10 bits per heavy atom. The van der Waals surface area contributed by atoms with E-state index in [0.29, 0.717) is 5.56 Å². The van der Waals surface area contributed by atoms with Gasteiger partial charge in [0.15, 0.2) is 48.5 Å². The molecule has 0 radical (unpaired) electrons. The van der Waals surface area contributed by atoms with Crippen molar-refractivity contribution in [2.75, 3.05) is 0 Å². The third-order valence-corrected chi connectivity index (χ3v) is 10.7. The van der Waals surface area contributed by atoms with Crippen molar-refractivity contribution in [3.05, 3.63) is 88.6 Å². The number of aliphatic carboxylic acids is 3. The molecule has 3 fully saturated rings. The number of carboxylic acid groups (broad SMARTS) is 3. The summed E-state index contributed by atoms with van der Waals surface area (Å²) >= 11 is 0. The minimum absolute atomic E-state index is 0.0774.